The van der Waals surface area contributed by atoms with E-state index in [4.69, 9.17) is 9.97 Å². The molecule has 1 saturated heterocycles. The van der Waals surface area contributed by atoms with Crippen LogP contribution in [0, 0.1) is 5.92 Å². The quantitative estimate of drug-likeness (QED) is 0.789. The molecule has 0 saturated carbocycles. The van der Waals surface area contributed by atoms with Gasteiger partial charge in [0.05, 0.1) is 5.69 Å². The first-order valence-corrected chi connectivity index (χ1v) is 9.19. The minimum Gasteiger partial charge on any atom is -0.356 e. The summed E-state index contributed by atoms with van der Waals surface area (Å²) in [5.74, 6) is 2.62. The normalized spacial score (nSPS) is 15.5. The number of aromatic nitrogens is 2. The molecule has 0 bridgehead atoms. The molecule has 0 spiro atoms. The van der Waals surface area contributed by atoms with Gasteiger partial charge in [-0.05, 0) is 25.2 Å². The average molecular weight is 324 g/mol. The van der Waals surface area contributed by atoms with E-state index in [9.17, 15) is 0 Å². The van der Waals surface area contributed by atoms with Gasteiger partial charge in [0.25, 0.3) is 0 Å². The largest absolute Gasteiger partial charge is 0.356 e. The Morgan fingerprint density at radius 1 is 1.12 bits per heavy atom. The number of benzene rings is 1. The van der Waals surface area contributed by atoms with Crippen molar-refractivity contribution < 1.29 is 0 Å². The van der Waals surface area contributed by atoms with Crippen LogP contribution in [-0.4, -0.2) is 29.6 Å². The summed E-state index contributed by atoms with van der Waals surface area (Å²) in [4.78, 5) is 11.9. The summed E-state index contributed by atoms with van der Waals surface area (Å²) >= 11 is 0. The van der Waals surface area contributed by atoms with Gasteiger partial charge < -0.3 is 10.2 Å². The van der Waals surface area contributed by atoms with Gasteiger partial charge >= 0.3 is 0 Å². The fourth-order valence-corrected chi connectivity index (χ4v) is 3.05. The number of rotatable bonds is 6. The number of piperidine rings is 1. The summed E-state index contributed by atoms with van der Waals surface area (Å²) in [5, 5.41) is 3.40. The Kier molecular flexibility index (Phi) is 5.68. The molecule has 128 valence electrons. The Labute approximate surface area is 145 Å². The lowest BCUT2D eigenvalue weighted by Gasteiger charge is -2.31. The van der Waals surface area contributed by atoms with Crippen molar-refractivity contribution in [3.63, 3.8) is 0 Å². The minimum atomic E-state index is 0.749. The van der Waals surface area contributed by atoms with Crippen LogP contribution in [0.1, 0.15) is 39.5 Å². The molecular weight excluding hydrogens is 296 g/mol. The predicted molar refractivity (Wildman–Crippen MR) is 101 cm³/mol. The zero-order valence-electron chi connectivity index (χ0n) is 14.8. The van der Waals surface area contributed by atoms with Crippen LogP contribution in [0.5, 0.6) is 0 Å². The summed E-state index contributed by atoms with van der Waals surface area (Å²) in [6, 6.07) is 12.5. The maximum absolute atomic E-state index is 4.78. The molecule has 0 aliphatic carbocycles. The molecule has 0 radical (unpaired) electrons. The van der Waals surface area contributed by atoms with Crippen molar-refractivity contribution in [1.29, 1.82) is 0 Å². The molecule has 4 heteroatoms. The van der Waals surface area contributed by atoms with Gasteiger partial charge in [0.15, 0.2) is 0 Å². The molecule has 1 aromatic heterocycles. The molecule has 3 rings (SSSR count). The fourth-order valence-electron chi connectivity index (χ4n) is 3.05. The van der Waals surface area contributed by atoms with Crippen molar-refractivity contribution in [2.45, 2.75) is 39.5 Å². The van der Waals surface area contributed by atoms with E-state index in [0.717, 1.165) is 55.0 Å². The van der Waals surface area contributed by atoms with Gasteiger partial charge in [0, 0.05) is 31.3 Å². The maximum Gasteiger partial charge on any atom is 0.225 e. The first-order valence-electron chi connectivity index (χ1n) is 9.19. The number of hydrogen-bond acceptors (Lipinski definition) is 4. The van der Waals surface area contributed by atoms with Crippen LogP contribution in [0.15, 0.2) is 36.4 Å². The Bertz CT molecular complexity index is 633. The molecule has 1 N–H and O–H groups in total. The first kappa shape index (κ1) is 16.7. The van der Waals surface area contributed by atoms with Crippen molar-refractivity contribution in [3.8, 4) is 11.3 Å². The van der Waals surface area contributed by atoms with E-state index in [2.05, 4.69) is 54.4 Å². The van der Waals surface area contributed by atoms with E-state index in [-0.39, 0.29) is 0 Å². The molecule has 4 nitrogen and oxygen atoms in total. The van der Waals surface area contributed by atoms with Crippen molar-refractivity contribution in [2.75, 3.05) is 29.9 Å². The average Bonchev–Trinajstić information content (AvgIpc) is 2.63. The number of unbranched alkanes of at least 4 members (excludes halogenated alkanes) is 1. The van der Waals surface area contributed by atoms with Gasteiger partial charge in [-0.3, -0.25) is 0 Å². The summed E-state index contributed by atoms with van der Waals surface area (Å²) in [6.45, 7) is 7.63. The van der Waals surface area contributed by atoms with Crippen LogP contribution in [0.25, 0.3) is 11.3 Å². The molecule has 1 aliphatic rings. The number of nitrogens with zero attached hydrogens (tertiary/aromatic N) is 3. The Morgan fingerprint density at radius 3 is 2.58 bits per heavy atom. The maximum atomic E-state index is 4.78. The molecule has 2 heterocycles. The highest BCUT2D eigenvalue weighted by atomic mass is 15.2. The van der Waals surface area contributed by atoms with Gasteiger partial charge in [-0.2, -0.15) is 4.98 Å². The molecule has 24 heavy (non-hydrogen) atoms. The molecule has 0 unspecified atom stereocenters. The highest BCUT2D eigenvalue weighted by Crippen LogP contribution is 2.26. The van der Waals surface area contributed by atoms with Crippen LogP contribution in [0.3, 0.4) is 0 Å². The zero-order chi connectivity index (χ0) is 16.8. The van der Waals surface area contributed by atoms with E-state index >= 15 is 0 Å². The summed E-state index contributed by atoms with van der Waals surface area (Å²) in [6.07, 6.45) is 4.78. The van der Waals surface area contributed by atoms with E-state index in [1.165, 1.54) is 19.3 Å². The van der Waals surface area contributed by atoms with Crippen LogP contribution in [0.2, 0.25) is 0 Å². The molecular formula is C20H28N4. The van der Waals surface area contributed by atoms with Crippen molar-refractivity contribution in [3.05, 3.63) is 36.4 Å². The summed E-state index contributed by atoms with van der Waals surface area (Å²) < 4.78 is 0. The monoisotopic (exact) mass is 324 g/mol. The topological polar surface area (TPSA) is 41.1 Å². The van der Waals surface area contributed by atoms with Crippen molar-refractivity contribution in [2.24, 2.45) is 5.92 Å². The van der Waals surface area contributed by atoms with Gasteiger partial charge in [-0.15, -0.1) is 0 Å². The van der Waals surface area contributed by atoms with Gasteiger partial charge in [-0.25, -0.2) is 4.98 Å². The third kappa shape index (κ3) is 4.25. The third-order valence-electron chi connectivity index (χ3n) is 4.70. The number of hydrogen-bond donors (Lipinski definition) is 1. The fraction of sp³-hybridized carbons (Fsp3) is 0.500. The Hall–Kier alpha value is -2.10. The highest BCUT2D eigenvalue weighted by molar-refractivity contribution is 5.64. The zero-order valence-corrected chi connectivity index (χ0v) is 14.8. The van der Waals surface area contributed by atoms with E-state index in [1.54, 1.807) is 0 Å². The third-order valence-corrected chi connectivity index (χ3v) is 4.70. The Balaban J connectivity index is 1.87. The number of nitrogens with one attached hydrogen (secondary N) is 1. The molecule has 1 aromatic carbocycles. The standard InChI is InChI=1S/C20H28N4/c1-3-4-12-21-20-22-18(17-8-6-5-7-9-17)15-19(23-20)24-13-10-16(2)11-14-24/h5-9,15-16H,3-4,10-14H2,1-2H3,(H,21,22,23). The van der Waals surface area contributed by atoms with E-state index < -0.39 is 0 Å². The molecule has 1 aliphatic heterocycles. The lowest BCUT2D eigenvalue weighted by Crippen LogP contribution is -2.33. The van der Waals surface area contributed by atoms with E-state index in [0.29, 0.717) is 0 Å². The summed E-state index contributed by atoms with van der Waals surface area (Å²) in [5.41, 5.74) is 2.14. The molecule has 0 atom stereocenters. The molecule has 2 aromatic rings. The second-order valence-corrected chi connectivity index (χ2v) is 6.75. The second-order valence-electron chi connectivity index (χ2n) is 6.75. The van der Waals surface area contributed by atoms with Gasteiger partial charge in [0.1, 0.15) is 5.82 Å². The van der Waals surface area contributed by atoms with Crippen molar-refractivity contribution >= 4 is 11.8 Å². The van der Waals surface area contributed by atoms with Gasteiger partial charge in [0.2, 0.25) is 5.95 Å². The first-order chi connectivity index (χ1) is 11.8. The highest BCUT2D eigenvalue weighted by Gasteiger charge is 2.18. The van der Waals surface area contributed by atoms with Crippen LogP contribution >= 0.6 is 0 Å². The van der Waals surface area contributed by atoms with Crippen molar-refractivity contribution in [1.82, 2.24) is 9.97 Å². The SMILES string of the molecule is CCCCNc1nc(-c2ccccc2)cc(N2CCC(C)CC2)n1. The lowest BCUT2D eigenvalue weighted by atomic mass is 9.99. The van der Waals surface area contributed by atoms with Crippen LogP contribution in [0.4, 0.5) is 11.8 Å². The smallest absolute Gasteiger partial charge is 0.225 e. The predicted octanol–water partition coefficient (Wildman–Crippen LogP) is 4.59. The molecule has 0 amide bonds. The van der Waals surface area contributed by atoms with E-state index in [1.807, 2.05) is 6.07 Å². The molecule has 1 fully saturated rings. The minimum absolute atomic E-state index is 0.749. The summed E-state index contributed by atoms with van der Waals surface area (Å²) in [7, 11) is 0. The van der Waals surface area contributed by atoms with Crippen LogP contribution in [-0.2, 0) is 0 Å². The van der Waals surface area contributed by atoms with Crippen LogP contribution < -0.4 is 10.2 Å². The Morgan fingerprint density at radius 2 is 1.88 bits per heavy atom. The second kappa shape index (κ2) is 8.13. The number of anilines is 2. The lowest BCUT2D eigenvalue weighted by molar-refractivity contribution is 0.436. The van der Waals surface area contributed by atoms with Gasteiger partial charge in [-0.1, -0.05) is 50.6 Å².